The van der Waals surface area contributed by atoms with Gasteiger partial charge in [0.2, 0.25) is 10.0 Å². The molecule has 2 N–H and O–H groups in total. The summed E-state index contributed by atoms with van der Waals surface area (Å²) in [5.41, 5.74) is -0.0678. The average Bonchev–Trinajstić information content (AvgIpc) is 2.67. The summed E-state index contributed by atoms with van der Waals surface area (Å²) in [6, 6.07) is 4.64. The van der Waals surface area contributed by atoms with Gasteiger partial charge >= 0.3 is 0 Å². The molecule has 7 heteroatoms. The summed E-state index contributed by atoms with van der Waals surface area (Å²) >= 11 is 0. The number of nitrogens with zero attached hydrogens (tertiary/aromatic N) is 2. The maximum Gasteiger partial charge on any atom is 0.243 e. The normalized spacial score (nSPS) is 20.5. The van der Waals surface area contributed by atoms with Gasteiger partial charge in [0.15, 0.2) is 5.69 Å². The SMILES string of the molecule is N#Cc1ncccc1S(=O)(=O)NC1CCCNCC1. The summed E-state index contributed by atoms with van der Waals surface area (Å²) in [7, 11) is -3.68. The van der Waals surface area contributed by atoms with E-state index in [1.54, 1.807) is 0 Å². The van der Waals surface area contributed by atoms with Crippen molar-refractivity contribution in [3.8, 4) is 6.07 Å². The molecule has 0 saturated carbocycles. The molecule has 2 rings (SSSR count). The minimum Gasteiger partial charge on any atom is -0.317 e. The second-order valence-corrected chi connectivity index (χ2v) is 6.14. The first kappa shape index (κ1) is 13.9. The van der Waals surface area contributed by atoms with Crippen LogP contribution < -0.4 is 10.0 Å². The Balaban J connectivity index is 2.20. The quantitative estimate of drug-likeness (QED) is 0.834. The second kappa shape index (κ2) is 6.10. The number of aromatic nitrogens is 1. The van der Waals surface area contributed by atoms with Crippen LogP contribution in [0.5, 0.6) is 0 Å². The Kier molecular flexibility index (Phi) is 4.47. The highest BCUT2D eigenvalue weighted by Crippen LogP contribution is 2.15. The lowest BCUT2D eigenvalue weighted by molar-refractivity contribution is 0.517. The molecule has 1 aromatic rings. The molecule has 0 aromatic carbocycles. The van der Waals surface area contributed by atoms with E-state index in [1.165, 1.54) is 18.3 Å². The number of sulfonamides is 1. The van der Waals surface area contributed by atoms with Gasteiger partial charge in [0.25, 0.3) is 0 Å². The van der Waals surface area contributed by atoms with Crippen LogP contribution in [0.1, 0.15) is 25.0 Å². The summed E-state index contributed by atoms with van der Waals surface area (Å²) in [6.45, 7) is 1.71. The Morgan fingerprint density at radius 3 is 3.05 bits per heavy atom. The van der Waals surface area contributed by atoms with E-state index in [-0.39, 0.29) is 16.6 Å². The molecule has 0 spiro atoms. The Morgan fingerprint density at radius 1 is 1.42 bits per heavy atom. The fourth-order valence-corrected chi connectivity index (χ4v) is 3.52. The zero-order valence-electron chi connectivity index (χ0n) is 10.5. The van der Waals surface area contributed by atoms with Gasteiger partial charge in [-0.25, -0.2) is 18.1 Å². The molecule has 6 nitrogen and oxygen atoms in total. The number of nitriles is 1. The molecule has 0 bridgehead atoms. The molecule has 0 amide bonds. The molecule has 1 saturated heterocycles. The largest absolute Gasteiger partial charge is 0.317 e. The van der Waals surface area contributed by atoms with Crippen molar-refractivity contribution >= 4 is 10.0 Å². The number of hydrogen-bond donors (Lipinski definition) is 2. The fourth-order valence-electron chi connectivity index (χ4n) is 2.11. The van der Waals surface area contributed by atoms with Crippen LogP contribution in [0.15, 0.2) is 23.2 Å². The van der Waals surface area contributed by atoms with Crippen LogP contribution in [0.3, 0.4) is 0 Å². The highest BCUT2D eigenvalue weighted by molar-refractivity contribution is 7.89. The molecule has 2 heterocycles. The topological polar surface area (TPSA) is 94.9 Å². The Hall–Kier alpha value is -1.49. The minimum atomic E-state index is -3.68. The zero-order valence-corrected chi connectivity index (χ0v) is 11.3. The van der Waals surface area contributed by atoms with E-state index in [1.807, 2.05) is 6.07 Å². The average molecular weight is 280 g/mol. The molecule has 1 fully saturated rings. The Bertz CT molecular complexity index is 572. The van der Waals surface area contributed by atoms with Gasteiger partial charge in [-0.3, -0.25) is 0 Å². The van der Waals surface area contributed by atoms with Crippen LogP contribution in [-0.4, -0.2) is 32.5 Å². The van der Waals surface area contributed by atoms with Crippen molar-refractivity contribution in [3.63, 3.8) is 0 Å². The molecule has 19 heavy (non-hydrogen) atoms. The van der Waals surface area contributed by atoms with Crippen molar-refractivity contribution in [2.24, 2.45) is 0 Å². The standard InChI is InChI=1S/C12H16N4O2S/c13-9-11-12(4-2-7-15-11)19(17,18)16-10-3-1-6-14-8-5-10/h2,4,7,10,14,16H,1,3,5-6,8H2. The number of hydrogen-bond acceptors (Lipinski definition) is 5. The number of rotatable bonds is 3. The second-order valence-electron chi connectivity index (χ2n) is 4.46. The fraction of sp³-hybridized carbons (Fsp3) is 0.500. The predicted molar refractivity (Wildman–Crippen MR) is 69.8 cm³/mol. The van der Waals surface area contributed by atoms with Gasteiger partial charge < -0.3 is 5.32 Å². The van der Waals surface area contributed by atoms with E-state index in [9.17, 15) is 8.42 Å². The highest BCUT2D eigenvalue weighted by atomic mass is 32.2. The lowest BCUT2D eigenvalue weighted by Crippen LogP contribution is -2.35. The highest BCUT2D eigenvalue weighted by Gasteiger charge is 2.23. The molecular weight excluding hydrogens is 264 g/mol. The van der Waals surface area contributed by atoms with Gasteiger partial charge in [-0.05, 0) is 44.5 Å². The van der Waals surface area contributed by atoms with Crippen LogP contribution in [0.4, 0.5) is 0 Å². The van der Waals surface area contributed by atoms with Crippen LogP contribution in [0.2, 0.25) is 0 Å². The summed E-state index contributed by atoms with van der Waals surface area (Å²) < 4.78 is 27.2. The molecule has 102 valence electrons. The third-order valence-corrected chi connectivity index (χ3v) is 4.62. The van der Waals surface area contributed by atoms with E-state index in [4.69, 9.17) is 5.26 Å². The molecule has 1 atom stereocenters. The van der Waals surface area contributed by atoms with Crippen molar-refractivity contribution in [2.45, 2.75) is 30.2 Å². The molecule has 1 unspecified atom stereocenters. The lowest BCUT2D eigenvalue weighted by atomic mass is 10.1. The minimum absolute atomic E-state index is 0.0466. The maximum atomic E-state index is 12.3. The summed E-state index contributed by atoms with van der Waals surface area (Å²) in [6.07, 6.45) is 3.90. The Morgan fingerprint density at radius 2 is 2.26 bits per heavy atom. The maximum absolute atomic E-state index is 12.3. The van der Waals surface area contributed by atoms with E-state index >= 15 is 0 Å². The molecule has 1 aliphatic rings. The van der Waals surface area contributed by atoms with Gasteiger partial charge in [0, 0.05) is 12.2 Å². The van der Waals surface area contributed by atoms with Crippen molar-refractivity contribution in [1.29, 1.82) is 5.26 Å². The summed E-state index contributed by atoms with van der Waals surface area (Å²) in [5.74, 6) is 0. The predicted octanol–water partition coefficient (Wildman–Crippen LogP) is 0.374. The molecular formula is C12H16N4O2S. The first-order valence-corrected chi connectivity index (χ1v) is 7.70. The van der Waals surface area contributed by atoms with Gasteiger partial charge in [-0.2, -0.15) is 5.26 Å². The van der Waals surface area contributed by atoms with Gasteiger partial charge in [0.05, 0.1) is 0 Å². The van der Waals surface area contributed by atoms with Crippen LogP contribution in [0, 0.1) is 11.3 Å². The number of nitrogens with one attached hydrogen (secondary N) is 2. The molecule has 0 aliphatic carbocycles. The molecule has 0 radical (unpaired) electrons. The van der Waals surface area contributed by atoms with E-state index < -0.39 is 10.0 Å². The third kappa shape index (κ3) is 3.50. The summed E-state index contributed by atoms with van der Waals surface area (Å²) in [5, 5.41) is 12.1. The summed E-state index contributed by atoms with van der Waals surface area (Å²) in [4.78, 5) is 3.74. The van der Waals surface area contributed by atoms with Crippen molar-refractivity contribution in [1.82, 2.24) is 15.0 Å². The van der Waals surface area contributed by atoms with Crippen LogP contribution in [-0.2, 0) is 10.0 Å². The first-order valence-electron chi connectivity index (χ1n) is 6.21. The van der Waals surface area contributed by atoms with Gasteiger partial charge in [-0.1, -0.05) is 0 Å². The number of pyridine rings is 1. The van der Waals surface area contributed by atoms with Crippen molar-refractivity contribution in [2.75, 3.05) is 13.1 Å². The molecule has 1 aromatic heterocycles. The van der Waals surface area contributed by atoms with E-state index in [2.05, 4.69) is 15.0 Å². The van der Waals surface area contributed by atoms with Crippen LogP contribution >= 0.6 is 0 Å². The third-order valence-electron chi connectivity index (χ3n) is 3.06. The zero-order chi connectivity index (χ0) is 13.7. The van der Waals surface area contributed by atoms with Crippen molar-refractivity contribution < 1.29 is 8.42 Å². The van der Waals surface area contributed by atoms with Crippen molar-refractivity contribution in [3.05, 3.63) is 24.0 Å². The van der Waals surface area contributed by atoms with Crippen LogP contribution in [0.25, 0.3) is 0 Å². The smallest absolute Gasteiger partial charge is 0.243 e. The lowest BCUT2D eigenvalue weighted by Gasteiger charge is -2.16. The van der Waals surface area contributed by atoms with E-state index in [0.717, 1.165) is 32.4 Å². The van der Waals surface area contributed by atoms with E-state index in [0.29, 0.717) is 0 Å². The monoisotopic (exact) mass is 280 g/mol. The Labute approximate surface area is 112 Å². The van der Waals surface area contributed by atoms with Gasteiger partial charge in [-0.15, -0.1) is 0 Å². The first-order chi connectivity index (χ1) is 9.13. The van der Waals surface area contributed by atoms with Gasteiger partial charge in [0.1, 0.15) is 11.0 Å². The molecule has 1 aliphatic heterocycles.